The highest BCUT2D eigenvalue weighted by Gasteiger charge is 2.15. The summed E-state index contributed by atoms with van der Waals surface area (Å²) in [4.78, 5) is 0. The van der Waals surface area contributed by atoms with E-state index in [1.165, 1.54) is 0 Å². The van der Waals surface area contributed by atoms with Gasteiger partial charge in [-0.3, -0.25) is 0 Å². The van der Waals surface area contributed by atoms with Gasteiger partial charge in [-0.2, -0.15) is 5.26 Å². The lowest BCUT2D eigenvalue weighted by Gasteiger charge is -2.17. The van der Waals surface area contributed by atoms with Crippen molar-refractivity contribution in [1.29, 1.82) is 5.26 Å². The average Bonchev–Trinajstić information content (AvgIpc) is 1.62. The first-order valence-corrected chi connectivity index (χ1v) is 3.03. The van der Waals surface area contributed by atoms with E-state index in [4.69, 9.17) is 10.4 Å². The molecule has 0 amide bonds. The van der Waals surface area contributed by atoms with Gasteiger partial charge in [0.1, 0.15) is 6.10 Å². The van der Waals surface area contributed by atoms with E-state index in [-0.39, 0.29) is 5.41 Å². The van der Waals surface area contributed by atoms with Crippen molar-refractivity contribution in [2.24, 2.45) is 5.41 Å². The molecule has 2 nitrogen and oxygen atoms in total. The van der Waals surface area contributed by atoms with Crippen LogP contribution in [0.5, 0.6) is 0 Å². The summed E-state index contributed by atoms with van der Waals surface area (Å²) in [6.07, 6.45) is -0.256. The van der Waals surface area contributed by atoms with Gasteiger partial charge >= 0.3 is 0 Å². The van der Waals surface area contributed by atoms with E-state index in [2.05, 4.69) is 0 Å². The van der Waals surface area contributed by atoms with Crippen LogP contribution >= 0.6 is 0 Å². The molecule has 0 aliphatic carbocycles. The zero-order valence-corrected chi connectivity index (χ0v) is 6.18. The van der Waals surface area contributed by atoms with E-state index >= 15 is 0 Å². The van der Waals surface area contributed by atoms with E-state index in [0.717, 1.165) is 0 Å². The van der Waals surface area contributed by atoms with Crippen molar-refractivity contribution in [1.82, 2.24) is 0 Å². The molecule has 0 radical (unpaired) electrons. The van der Waals surface area contributed by atoms with Crippen LogP contribution in [0.25, 0.3) is 0 Å². The Morgan fingerprint density at radius 3 is 2.11 bits per heavy atom. The van der Waals surface area contributed by atoms with E-state index in [0.29, 0.717) is 6.42 Å². The van der Waals surface area contributed by atoms with Crippen LogP contribution in [-0.4, -0.2) is 11.2 Å². The first kappa shape index (κ1) is 8.45. The van der Waals surface area contributed by atoms with Crippen molar-refractivity contribution in [2.45, 2.75) is 33.3 Å². The van der Waals surface area contributed by atoms with Crippen molar-refractivity contribution >= 4 is 0 Å². The van der Waals surface area contributed by atoms with Crippen LogP contribution in [0, 0.1) is 16.7 Å². The lowest BCUT2D eigenvalue weighted by Crippen LogP contribution is -2.15. The number of nitriles is 1. The highest BCUT2D eigenvalue weighted by molar-refractivity contribution is 4.85. The van der Waals surface area contributed by atoms with Crippen LogP contribution in [-0.2, 0) is 0 Å². The van der Waals surface area contributed by atoms with Crippen LogP contribution in [0.2, 0.25) is 0 Å². The SMILES string of the molecule is CC(C)(C)C[C@@H](O)C#N. The lowest BCUT2D eigenvalue weighted by molar-refractivity contribution is 0.168. The number of aliphatic hydroxyl groups excluding tert-OH is 1. The summed E-state index contributed by atoms with van der Waals surface area (Å²) in [6.45, 7) is 5.98. The van der Waals surface area contributed by atoms with E-state index in [1.807, 2.05) is 20.8 Å². The summed E-state index contributed by atoms with van der Waals surface area (Å²) in [6, 6.07) is 1.78. The van der Waals surface area contributed by atoms with Gasteiger partial charge in [-0.25, -0.2) is 0 Å². The second-order valence-corrected chi connectivity index (χ2v) is 3.41. The summed E-state index contributed by atoms with van der Waals surface area (Å²) in [7, 11) is 0. The van der Waals surface area contributed by atoms with Gasteiger partial charge in [-0.1, -0.05) is 20.8 Å². The van der Waals surface area contributed by atoms with Crippen molar-refractivity contribution < 1.29 is 5.11 Å². The fourth-order valence-electron chi connectivity index (χ4n) is 0.626. The Kier molecular flexibility index (Phi) is 2.66. The van der Waals surface area contributed by atoms with Gasteiger partial charge < -0.3 is 5.11 Å². The molecule has 0 aromatic carbocycles. The van der Waals surface area contributed by atoms with Crippen molar-refractivity contribution in [3.05, 3.63) is 0 Å². The molecule has 0 spiro atoms. The number of rotatable bonds is 1. The Morgan fingerprint density at radius 2 is 2.00 bits per heavy atom. The van der Waals surface area contributed by atoms with Crippen LogP contribution in [0.15, 0.2) is 0 Å². The van der Waals surface area contributed by atoms with Gasteiger partial charge in [0, 0.05) is 0 Å². The largest absolute Gasteiger partial charge is 0.378 e. The molecule has 0 aromatic rings. The lowest BCUT2D eigenvalue weighted by atomic mass is 9.90. The Hall–Kier alpha value is -0.550. The van der Waals surface area contributed by atoms with Gasteiger partial charge in [0.2, 0.25) is 0 Å². The fourth-order valence-corrected chi connectivity index (χ4v) is 0.626. The minimum Gasteiger partial charge on any atom is -0.378 e. The highest BCUT2D eigenvalue weighted by Crippen LogP contribution is 2.19. The van der Waals surface area contributed by atoms with Crippen LogP contribution in [0.3, 0.4) is 0 Å². The normalized spacial score (nSPS) is 14.6. The smallest absolute Gasteiger partial charge is 0.141 e. The van der Waals surface area contributed by atoms with Crippen molar-refractivity contribution in [3.63, 3.8) is 0 Å². The third kappa shape index (κ3) is 5.32. The molecule has 9 heavy (non-hydrogen) atoms. The molecule has 0 bridgehead atoms. The quantitative estimate of drug-likeness (QED) is 0.540. The molecule has 0 heterocycles. The van der Waals surface area contributed by atoms with Gasteiger partial charge in [0.15, 0.2) is 0 Å². The maximum absolute atomic E-state index is 8.83. The first-order valence-electron chi connectivity index (χ1n) is 3.03. The summed E-state index contributed by atoms with van der Waals surface area (Å²) >= 11 is 0. The van der Waals surface area contributed by atoms with Crippen molar-refractivity contribution in [3.8, 4) is 6.07 Å². The fraction of sp³-hybridized carbons (Fsp3) is 0.857. The van der Waals surface area contributed by atoms with Crippen molar-refractivity contribution in [2.75, 3.05) is 0 Å². The van der Waals surface area contributed by atoms with Gasteiger partial charge in [-0.05, 0) is 11.8 Å². The van der Waals surface area contributed by atoms with Gasteiger partial charge in [0.25, 0.3) is 0 Å². The van der Waals surface area contributed by atoms with Crippen LogP contribution < -0.4 is 0 Å². The molecule has 0 unspecified atom stereocenters. The minimum absolute atomic E-state index is 0.0507. The zero-order valence-electron chi connectivity index (χ0n) is 6.18. The second-order valence-electron chi connectivity index (χ2n) is 3.41. The molecule has 0 aliphatic rings. The third-order valence-corrected chi connectivity index (χ3v) is 0.955. The Bertz CT molecular complexity index is 118. The number of nitrogens with zero attached hydrogens (tertiary/aromatic N) is 1. The predicted molar refractivity (Wildman–Crippen MR) is 35.7 cm³/mol. The second kappa shape index (κ2) is 2.84. The highest BCUT2D eigenvalue weighted by atomic mass is 16.3. The maximum atomic E-state index is 8.83. The molecule has 1 atom stereocenters. The van der Waals surface area contributed by atoms with Gasteiger partial charge in [-0.15, -0.1) is 0 Å². The first-order chi connectivity index (χ1) is 3.95. The zero-order chi connectivity index (χ0) is 7.49. The topological polar surface area (TPSA) is 44.0 Å². The molecule has 0 saturated carbocycles. The summed E-state index contributed by atoms with van der Waals surface area (Å²) in [5.74, 6) is 0. The summed E-state index contributed by atoms with van der Waals surface area (Å²) < 4.78 is 0. The molecule has 2 heteroatoms. The Morgan fingerprint density at radius 1 is 1.56 bits per heavy atom. The Balaban J connectivity index is 3.63. The van der Waals surface area contributed by atoms with E-state index in [1.54, 1.807) is 6.07 Å². The Labute approximate surface area is 56.1 Å². The van der Waals surface area contributed by atoms with Gasteiger partial charge in [0.05, 0.1) is 6.07 Å². The molecule has 52 valence electrons. The van der Waals surface area contributed by atoms with Crippen LogP contribution in [0.1, 0.15) is 27.2 Å². The van der Waals surface area contributed by atoms with E-state index in [9.17, 15) is 0 Å². The predicted octanol–water partition coefficient (Wildman–Crippen LogP) is 1.31. The molecule has 1 N–H and O–H groups in total. The summed E-state index contributed by atoms with van der Waals surface area (Å²) in [5, 5.41) is 17.0. The van der Waals surface area contributed by atoms with Crippen LogP contribution in [0.4, 0.5) is 0 Å². The molecule has 0 rings (SSSR count). The molecule has 0 aliphatic heterocycles. The monoisotopic (exact) mass is 127 g/mol. The maximum Gasteiger partial charge on any atom is 0.141 e. The summed E-state index contributed by atoms with van der Waals surface area (Å²) in [5.41, 5.74) is 0.0507. The third-order valence-electron chi connectivity index (χ3n) is 0.955. The number of hydrogen-bond donors (Lipinski definition) is 1. The standard InChI is InChI=1S/C7H13NO/c1-7(2,3)4-6(9)5-8/h6,9H,4H2,1-3H3/t6-/m1/s1. The average molecular weight is 127 g/mol. The number of aliphatic hydroxyl groups is 1. The molecular formula is C7H13NO. The molecule has 0 saturated heterocycles. The van der Waals surface area contributed by atoms with E-state index < -0.39 is 6.10 Å². The number of hydrogen-bond acceptors (Lipinski definition) is 2. The molecule has 0 aromatic heterocycles. The minimum atomic E-state index is -0.801. The molecular weight excluding hydrogens is 114 g/mol. The molecule has 0 fully saturated rings.